The summed E-state index contributed by atoms with van der Waals surface area (Å²) in [6, 6.07) is 91.5. The highest BCUT2D eigenvalue weighted by atomic mass is 15.0. The van der Waals surface area contributed by atoms with Crippen LogP contribution in [-0.2, 0) is 0 Å². The van der Waals surface area contributed by atoms with Crippen molar-refractivity contribution in [1.82, 2.24) is 4.57 Å². The molecule has 0 N–H and O–H groups in total. The fourth-order valence-corrected chi connectivity index (χ4v) is 10.9. The molecule has 0 saturated carbocycles. The zero-order valence-electron chi connectivity index (χ0n) is 35.6. The van der Waals surface area contributed by atoms with Crippen LogP contribution in [0.2, 0.25) is 0 Å². The summed E-state index contributed by atoms with van der Waals surface area (Å²) in [6.45, 7) is 0. The van der Waals surface area contributed by atoms with Gasteiger partial charge >= 0.3 is 0 Å². The standard InChI is InChI=1S/C64H41N/c1-2-20-42(21-3-1)45-22-4-5-25-48(45)63-53-30-10-6-26-49(53)61(50-27-7-11-31-54(50)63)43-38-40-44(41-39-43)62-51-28-8-12-32-55(51)64(56-33-13-9-29-52(56)62)57-34-16-19-37-60(57)65-58-35-17-14-23-46(58)47-24-15-18-36-59(47)65/h1-41H. The molecule has 0 aliphatic carbocycles. The van der Waals surface area contributed by atoms with Gasteiger partial charge in [0, 0.05) is 16.3 Å². The molecule has 302 valence electrons. The number of rotatable bonds is 6. The third kappa shape index (κ3) is 5.79. The molecule has 1 heterocycles. The zero-order valence-corrected chi connectivity index (χ0v) is 35.6. The Labute approximate surface area is 377 Å². The van der Waals surface area contributed by atoms with Gasteiger partial charge in [-0.05, 0) is 111 Å². The molecule has 12 aromatic carbocycles. The van der Waals surface area contributed by atoms with Crippen molar-refractivity contribution in [3.63, 3.8) is 0 Å². The Morgan fingerprint density at radius 3 is 0.938 bits per heavy atom. The molecule has 0 aliphatic heterocycles. The molecule has 13 aromatic rings. The number of benzene rings is 12. The van der Waals surface area contributed by atoms with Crippen molar-refractivity contribution in [2.24, 2.45) is 0 Å². The molecule has 0 atom stereocenters. The molecule has 1 nitrogen and oxygen atoms in total. The van der Waals surface area contributed by atoms with Crippen molar-refractivity contribution in [2.75, 3.05) is 0 Å². The van der Waals surface area contributed by atoms with E-state index in [9.17, 15) is 0 Å². The molecule has 0 spiro atoms. The van der Waals surface area contributed by atoms with E-state index in [1.54, 1.807) is 0 Å². The van der Waals surface area contributed by atoms with Gasteiger partial charge in [0.05, 0.1) is 16.7 Å². The van der Waals surface area contributed by atoms with Gasteiger partial charge in [0.25, 0.3) is 0 Å². The van der Waals surface area contributed by atoms with Crippen LogP contribution in [0, 0.1) is 0 Å². The number of hydrogen-bond acceptors (Lipinski definition) is 0. The van der Waals surface area contributed by atoms with Gasteiger partial charge in [-0.3, -0.25) is 0 Å². The van der Waals surface area contributed by atoms with Crippen molar-refractivity contribution < 1.29 is 0 Å². The van der Waals surface area contributed by atoms with Crippen molar-refractivity contribution in [3.05, 3.63) is 249 Å². The highest BCUT2D eigenvalue weighted by Gasteiger charge is 2.22. The topological polar surface area (TPSA) is 4.93 Å². The molecule has 1 aromatic heterocycles. The predicted molar refractivity (Wildman–Crippen MR) is 278 cm³/mol. The normalized spacial score (nSPS) is 11.7. The molecule has 65 heavy (non-hydrogen) atoms. The summed E-state index contributed by atoms with van der Waals surface area (Å²) >= 11 is 0. The van der Waals surface area contributed by atoms with Crippen LogP contribution in [0.5, 0.6) is 0 Å². The summed E-state index contributed by atoms with van der Waals surface area (Å²) in [5.74, 6) is 0. The Morgan fingerprint density at radius 2 is 0.492 bits per heavy atom. The van der Waals surface area contributed by atoms with Gasteiger partial charge in [-0.1, -0.05) is 231 Å². The highest BCUT2D eigenvalue weighted by molar-refractivity contribution is 6.24. The van der Waals surface area contributed by atoms with Gasteiger partial charge in [0.2, 0.25) is 0 Å². The minimum Gasteiger partial charge on any atom is -0.309 e. The number of para-hydroxylation sites is 3. The number of hydrogen-bond donors (Lipinski definition) is 0. The van der Waals surface area contributed by atoms with E-state index >= 15 is 0 Å². The maximum Gasteiger partial charge on any atom is 0.0541 e. The zero-order chi connectivity index (χ0) is 42.8. The van der Waals surface area contributed by atoms with Crippen LogP contribution in [0.3, 0.4) is 0 Å². The first kappa shape index (κ1) is 37.1. The molecule has 0 radical (unpaired) electrons. The molecular weight excluding hydrogens is 783 g/mol. The summed E-state index contributed by atoms with van der Waals surface area (Å²) in [5, 5.41) is 12.5. The maximum atomic E-state index is 2.46. The predicted octanol–water partition coefficient (Wildman–Crippen LogP) is 17.7. The van der Waals surface area contributed by atoms with Crippen LogP contribution in [0.1, 0.15) is 0 Å². The Kier molecular flexibility index (Phi) is 8.60. The highest BCUT2D eigenvalue weighted by Crippen LogP contribution is 2.49. The molecule has 0 fully saturated rings. The second-order valence-electron chi connectivity index (χ2n) is 17.1. The third-order valence-corrected chi connectivity index (χ3v) is 13.6. The average Bonchev–Trinajstić information content (AvgIpc) is 3.72. The van der Waals surface area contributed by atoms with Crippen LogP contribution in [0.4, 0.5) is 0 Å². The maximum absolute atomic E-state index is 2.46. The summed E-state index contributed by atoms with van der Waals surface area (Å²) in [5.41, 5.74) is 15.9. The lowest BCUT2D eigenvalue weighted by molar-refractivity contribution is 1.18. The minimum atomic E-state index is 1.17. The molecule has 0 saturated heterocycles. The van der Waals surface area contributed by atoms with E-state index in [1.165, 1.54) is 126 Å². The minimum absolute atomic E-state index is 1.17. The molecular formula is C64H41N. The molecule has 13 rings (SSSR count). The molecule has 0 unspecified atom stereocenters. The fraction of sp³-hybridized carbons (Fsp3) is 0. The first-order valence-corrected chi connectivity index (χ1v) is 22.5. The molecule has 0 amide bonds. The van der Waals surface area contributed by atoms with E-state index in [2.05, 4.69) is 253 Å². The van der Waals surface area contributed by atoms with Crippen molar-refractivity contribution in [2.45, 2.75) is 0 Å². The number of fused-ring (bicyclic) bond motifs is 7. The van der Waals surface area contributed by atoms with Crippen molar-refractivity contribution >= 4 is 64.9 Å². The van der Waals surface area contributed by atoms with E-state index in [4.69, 9.17) is 0 Å². The molecule has 1 heteroatoms. The monoisotopic (exact) mass is 823 g/mol. The van der Waals surface area contributed by atoms with E-state index in [1.807, 2.05) is 0 Å². The van der Waals surface area contributed by atoms with Gasteiger partial charge in [-0.25, -0.2) is 0 Å². The molecule has 0 bridgehead atoms. The van der Waals surface area contributed by atoms with Gasteiger partial charge in [0.1, 0.15) is 0 Å². The summed E-state index contributed by atoms with van der Waals surface area (Å²) < 4.78 is 2.46. The fourth-order valence-electron chi connectivity index (χ4n) is 10.9. The number of aromatic nitrogens is 1. The van der Waals surface area contributed by atoms with Gasteiger partial charge in [-0.2, -0.15) is 0 Å². The van der Waals surface area contributed by atoms with E-state index in [0.29, 0.717) is 0 Å². The Balaban J connectivity index is 1.01. The summed E-state index contributed by atoms with van der Waals surface area (Å²) in [7, 11) is 0. The summed E-state index contributed by atoms with van der Waals surface area (Å²) in [6.07, 6.45) is 0. The van der Waals surface area contributed by atoms with Gasteiger partial charge in [0.15, 0.2) is 0 Å². The van der Waals surface area contributed by atoms with E-state index < -0.39 is 0 Å². The van der Waals surface area contributed by atoms with Crippen LogP contribution in [0.15, 0.2) is 249 Å². The quantitative estimate of drug-likeness (QED) is 0.147. The Morgan fingerprint density at radius 1 is 0.185 bits per heavy atom. The number of nitrogens with zero attached hydrogens (tertiary/aromatic N) is 1. The lowest BCUT2D eigenvalue weighted by Crippen LogP contribution is -1.98. The first-order valence-electron chi connectivity index (χ1n) is 22.5. The van der Waals surface area contributed by atoms with Crippen LogP contribution >= 0.6 is 0 Å². The second kappa shape index (κ2) is 15.1. The Hall–Kier alpha value is -8.52. The largest absolute Gasteiger partial charge is 0.309 e. The summed E-state index contributed by atoms with van der Waals surface area (Å²) in [4.78, 5) is 0. The molecule has 0 aliphatic rings. The van der Waals surface area contributed by atoms with Crippen LogP contribution in [-0.4, -0.2) is 4.57 Å². The van der Waals surface area contributed by atoms with Gasteiger partial charge < -0.3 is 4.57 Å². The third-order valence-electron chi connectivity index (χ3n) is 13.6. The lowest BCUT2D eigenvalue weighted by atomic mass is 9.83. The Bertz CT molecular complexity index is 3820. The smallest absolute Gasteiger partial charge is 0.0541 e. The van der Waals surface area contributed by atoms with Crippen molar-refractivity contribution in [3.8, 4) is 61.3 Å². The lowest BCUT2D eigenvalue weighted by Gasteiger charge is -2.21. The van der Waals surface area contributed by atoms with Crippen LogP contribution in [0.25, 0.3) is 126 Å². The van der Waals surface area contributed by atoms with Crippen LogP contribution < -0.4 is 0 Å². The van der Waals surface area contributed by atoms with E-state index in [0.717, 1.165) is 0 Å². The average molecular weight is 824 g/mol. The van der Waals surface area contributed by atoms with Gasteiger partial charge in [-0.15, -0.1) is 0 Å². The first-order chi connectivity index (χ1) is 32.3. The SMILES string of the molecule is c1ccc(-c2ccccc2-c2c3ccccc3c(-c3ccc(-c4c5ccccc5c(-c5ccccc5-n5c6ccccc6c6ccccc65)c5ccccc45)cc3)c3ccccc23)cc1. The second-order valence-corrected chi connectivity index (χ2v) is 17.1. The van der Waals surface area contributed by atoms with E-state index in [-0.39, 0.29) is 0 Å². The van der Waals surface area contributed by atoms with Crippen molar-refractivity contribution in [1.29, 1.82) is 0 Å².